The standard InChI is InChI=1S/C17H15ClF3N3O2/c1-10(24-9-13-12(16(24)25)4-6-22-15(13)18)11-2-3-14(23-8-11)26-7-5-17(19,20)21/h2-4,6,8,10H,5,7,9H2,1H3. The van der Waals surface area contributed by atoms with E-state index in [1.165, 1.54) is 18.5 Å². The summed E-state index contributed by atoms with van der Waals surface area (Å²) in [6.07, 6.45) is -2.33. The SMILES string of the molecule is CC(c1ccc(OCCC(F)(F)F)nc1)N1Cc2c(ccnc2Cl)C1=O. The number of aromatic nitrogens is 2. The maximum absolute atomic E-state index is 12.6. The van der Waals surface area contributed by atoms with Crippen molar-refractivity contribution in [1.82, 2.24) is 14.9 Å². The molecule has 0 aromatic carbocycles. The van der Waals surface area contributed by atoms with Crippen LogP contribution in [0.3, 0.4) is 0 Å². The maximum Gasteiger partial charge on any atom is 0.392 e. The molecule has 9 heteroatoms. The molecule has 26 heavy (non-hydrogen) atoms. The largest absolute Gasteiger partial charge is 0.477 e. The molecule has 138 valence electrons. The summed E-state index contributed by atoms with van der Waals surface area (Å²) in [6, 6.07) is 4.51. The number of halogens is 4. The second-order valence-corrected chi connectivity index (χ2v) is 6.24. The van der Waals surface area contributed by atoms with Crippen molar-refractivity contribution < 1.29 is 22.7 Å². The number of carbonyl (C=O) groups excluding carboxylic acids is 1. The molecule has 0 aliphatic carbocycles. The molecule has 0 saturated carbocycles. The number of nitrogens with zero attached hydrogens (tertiary/aromatic N) is 3. The maximum atomic E-state index is 12.6. The van der Waals surface area contributed by atoms with Gasteiger partial charge in [0.25, 0.3) is 5.91 Å². The summed E-state index contributed by atoms with van der Waals surface area (Å²) in [7, 11) is 0. The zero-order valence-corrected chi connectivity index (χ0v) is 14.5. The van der Waals surface area contributed by atoms with Crippen molar-refractivity contribution in [2.45, 2.75) is 32.1 Å². The molecule has 0 spiro atoms. The molecule has 1 unspecified atom stereocenters. The highest BCUT2D eigenvalue weighted by Crippen LogP contribution is 2.33. The molecule has 0 radical (unpaired) electrons. The molecule has 0 N–H and O–H groups in total. The Morgan fingerprint density at radius 2 is 2.08 bits per heavy atom. The van der Waals surface area contributed by atoms with Crippen LogP contribution in [-0.2, 0) is 6.54 Å². The summed E-state index contributed by atoms with van der Waals surface area (Å²) in [6.45, 7) is 1.69. The van der Waals surface area contributed by atoms with Crippen LogP contribution < -0.4 is 4.74 Å². The second kappa shape index (κ2) is 7.11. The lowest BCUT2D eigenvalue weighted by atomic mass is 10.1. The van der Waals surface area contributed by atoms with E-state index in [1.807, 2.05) is 6.92 Å². The minimum atomic E-state index is -4.27. The predicted molar refractivity (Wildman–Crippen MR) is 87.9 cm³/mol. The Morgan fingerprint density at radius 3 is 2.69 bits per heavy atom. The lowest BCUT2D eigenvalue weighted by Gasteiger charge is -2.24. The topological polar surface area (TPSA) is 55.3 Å². The van der Waals surface area contributed by atoms with Crippen molar-refractivity contribution in [3.63, 3.8) is 0 Å². The number of rotatable bonds is 5. The van der Waals surface area contributed by atoms with Crippen molar-refractivity contribution in [2.24, 2.45) is 0 Å². The fourth-order valence-electron chi connectivity index (χ4n) is 2.70. The molecule has 1 atom stereocenters. The van der Waals surface area contributed by atoms with Gasteiger partial charge in [0, 0.05) is 29.6 Å². The quantitative estimate of drug-likeness (QED) is 0.724. The monoisotopic (exact) mass is 385 g/mol. The molecular weight excluding hydrogens is 371 g/mol. The summed E-state index contributed by atoms with van der Waals surface area (Å²) >= 11 is 6.05. The van der Waals surface area contributed by atoms with E-state index in [1.54, 1.807) is 17.0 Å². The van der Waals surface area contributed by atoms with E-state index < -0.39 is 19.2 Å². The van der Waals surface area contributed by atoms with E-state index in [2.05, 4.69) is 9.97 Å². The van der Waals surface area contributed by atoms with Gasteiger partial charge in [-0.1, -0.05) is 17.7 Å². The van der Waals surface area contributed by atoms with E-state index in [-0.39, 0.29) is 17.8 Å². The lowest BCUT2D eigenvalue weighted by Crippen LogP contribution is -2.27. The molecule has 1 aliphatic heterocycles. The first kappa shape index (κ1) is 18.4. The predicted octanol–water partition coefficient (Wildman–Crippen LogP) is 4.18. The van der Waals surface area contributed by atoms with Gasteiger partial charge in [-0.05, 0) is 18.6 Å². The third-order valence-electron chi connectivity index (χ3n) is 4.17. The van der Waals surface area contributed by atoms with Crippen LogP contribution in [-0.4, -0.2) is 33.6 Å². The number of hydrogen-bond donors (Lipinski definition) is 0. The van der Waals surface area contributed by atoms with Gasteiger partial charge in [0.2, 0.25) is 5.88 Å². The van der Waals surface area contributed by atoms with Crippen molar-refractivity contribution >= 4 is 17.5 Å². The summed E-state index contributed by atoms with van der Waals surface area (Å²) < 4.78 is 41.4. The first-order chi connectivity index (χ1) is 12.3. The summed E-state index contributed by atoms with van der Waals surface area (Å²) in [5.74, 6) is -0.0456. The number of carbonyl (C=O) groups is 1. The molecule has 1 aliphatic rings. The molecule has 1 amide bonds. The van der Waals surface area contributed by atoms with Gasteiger partial charge < -0.3 is 9.64 Å². The smallest absolute Gasteiger partial charge is 0.392 e. The summed E-state index contributed by atoms with van der Waals surface area (Å²) in [5.41, 5.74) is 1.95. The molecular formula is C17H15ClF3N3O2. The zero-order chi connectivity index (χ0) is 18.9. The number of alkyl halides is 3. The molecule has 2 aromatic heterocycles. The fraction of sp³-hybridized carbons (Fsp3) is 0.353. The van der Waals surface area contributed by atoms with E-state index in [0.717, 1.165) is 5.56 Å². The van der Waals surface area contributed by atoms with Gasteiger partial charge in [0.05, 0.1) is 25.6 Å². The average Bonchev–Trinajstić information content (AvgIpc) is 2.92. The van der Waals surface area contributed by atoms with Gasteiger partial charge in [-0.2, -0.15) is 13.2 Å². The number of ether oxygens (including phenoxy) is 1. The van der Waals surface area contributed by atoms with Gasteiger partial charge >= 0.3 is 6.18 Å². The van der Waals surface area contributed by atoms with E-state index in [4.69, 9.17) is 16.3 Å². The van der Waals surface area contributed by atoms with Crippen molar-refractivity contribution in [1.29, 1.82) is 0 Å². The first-order valence-electron chi connectivity index (χ1n) is 7.86. The fourth-order valence-corrected chi connectivity index (χ4v) is 2.92. The Kier molecular flexibility index (Phi) is 5.04. The van der Waals surface area contributed by atoms with Gasteiger partial charge in [0.15, 0.2) is 0 Å². The highest BCUT2D eigenvalue weighted by molar-refractivity contribution is 6.30. The van der Waals surface area contributed by atoms with Crippen LogP contribution in [0.15, 0.2) is 30.6 Å². The second-order valence-electron chi connectivity index (χ2n) is 5.88. The molecule has 3 heterocycles. The molecule has 2 aromatic rings. The number of amides is 1. The Bertz CT molecular complexity index is 812. The van der Waals surface area contributed by atoms with Crippen LogP contribution in [0.5, 0.6) is 5.88 Å². The van der Waals surface area contributed by atoms with E-state index >= 15 is 0 Å². The van der Waals surface area contributed by atoms with E-state index in [9.17, 15) is 18.0 Å². The molecule has 3 rings (SSSR count). The number of pyridine rings is 2. The normalized spacial score (nSPS) is 15.1. The third kappa shape index (κ3) is 3.90. The Morgan fingerprint density at radius 1 is 1.31 bits per heavy atom. The first-order valence-corrected chi connectivity index (χ1v) is 8.24. The van der Waals surface area contributed by atoms with Crippen LogP contribution in [0.1, 0.15) is 40.9 Å². The lowest BCUT2D eigenvalue weighted by molar-refractivity contribution is -0.139. The molecule has 0 bridgehead atoms. The van der Waals surface area contributed by atoms with Crippen LogP contribution in [0.2, 0.25) is 5.15 Å². The van der Waals surface area contributed by atoms with Crippen LogP contribution in [0, 0.1) is 0 Å². The number of fused-ring (bicyclic) bond motifs is 1. The van der Waals surface area contributed by atoms with Crippen LogP contribution in [0.4, 0.5) is 13.2 Å². The molecule has 0 saturated heterocycles. The van der Waals surface area contributed by atoms with Gasteiger partial charge in [-0.15, -0.1) is 0 Å². The third-order valence-corrected chi connectivity index (χ3v) is 4.49. The van der Waals surface area contributed by atoms with Gasteiger partial charge in [0.1, 0.15) is 5.15 Å². The van der Waals surface area contributed by atoms with Gasteiger partial charge in [-0.3, -0.25) is 4.79 Å². The Balaban J connectivity index is 1.67. The molecule has 5 nitrogen and oxygen atoms in total. The van der Waals surface area contributed by atoms with Crippen molar-refractivity contribution in [2.75, 3.05) is 6.61 Å². The van der Waals surface area contributed by atoms with Crippen LogP contribution >= 0.6 is 11.6 Å². The minimum Gasteiger partial charge on any atom is -0.477 e. The summed E-state index contributed by atoms with van der Waals surface area (Å²) in [4.78, 5) is 22.2. The Labute approximate surface area is 152 Å². The zero-order valence-electron chi connectivity index (χ0n) is 13.8. The average molecular weight is 386 g/mol. The number of hydrogen-bond acceptors (Lipinski definition) is 4. The van der Waals surface area contributed by atoms with Crippen molar-refractivity contribution in [3.05, 3.63) is 52.4 Å². The summed E-state index contributed by atoms with van der Waals surface area (Å²) in [5, 5.41) is 0.303. The Hall–Kier alpha value is -2.35. The van der Waals surface area contributed by atoms with Crippen molar-refractivity contribution in [3.8, 4) is 5.88 Å². The van der Waals surface area contributed by atoms with E-state index in [0.29, 0.717) is 22.8 Å². The highest BCUT2D eigenvalue weighted by atomic mass is 35.5. The highest BCUT2D eigenvalue weighted by Gasteiger charge is 2.33. The van der Waals surface area contributed by atoms with Crippen LogP contribution in [0.25, 0.3) is 0 Å². The molecule has 0 fully saturated rings. The van der Waals surface area contributed by atoms with Gasteiger partial charge in [-0.25, -0.2) is 9.97 Å². The minimum absolute atomic E-state index is 0.105.